The molecule has 1 heterocycles. The third kappa shape index (κ3) is 4.12. The van der Waals surface area contributed by atoms with Crippen LogP contribution < -0.4 is 10.6 Å². The Morgan fingerprint density at radius 1 is 1.13 bits per heavy atom. The third-order valence-corrected chi connectivity index (χ3v) is 5.72. The number of hydrogen-bond acceptors (Lipinski definition) is 2. The molecule has 0 bridgehead atoms. The molecule has 162 valence electrons. The van der Waals surface area contributed by atoms with Gasteiger partial charge in [0.1, 0.15) is 0 Å². The Bertz CT molecular complexity index is 1080. The number of para-hydroxylation sites is 1. The Hall–Kier alpha value is -3.00. The van der Waals surface area contributed by atoms with E-state index >= 15 is 0 Å². The number of rotatable bonds is 4. The number of carbonyl (C=O) groups is 2. The summed E-state index contributed by atoms with van der Waals surface area (Å²) in [4.78, 5) is 27.5. The largest absolute Gasteiger partial charge is 0.418 e. The second-order valence-electron chi connectivity index (χ2n) is 7.50. The van der Waals surface area contributed by atoms with E-state index in [0.717, 1.165) is 18.9 Å². The maximum atomic E-state index is 13.4. The second kappa shape index (κ2) is 7.92. The molecule has 1 saturated carbocycles. The molecule has 1 atom stereocenters. The Balaban J connectivity index is 1.77. The maximum absolute atomic E-state index is 13.4. The fourth-order valence-electron chi connectivity index (χ4n) is 3.80. The monoisotopic (exact) mass is 449 g/mol. The van der Waals surface area contributed by atoms with Gasteiger partial charge in [-0.3, -0.25) is 9.69 Å². The van der Waals surface area contributed by atoms with Crippen molar-refractivity contribution in [3.63, 3.8) is 0 Å². The number of urea groups is 1. The summed E-state index contributed by atoms with van der Waals surface area (Å²) in [6.45, 7) is 1.63. The zero-order valence-electron chi connectivity index (χ0n) is 16.5. The number of anilines is 1. The molecule has 3 amide bonds. The number of benzene rings is 2. The van der Waals surface area contributed by atoms with Gasteiger partial charge in [-0.2, -0.15) is 13.2 Å². The van der Waals surface area contributed by atoms with E-state index in [-0.39, 0.29) is 23.3 Å². The zero-order chi connectivity index (χ0) is 22.3. The van der Waals surface area contributed by atoms with E-state index < -0.39 is 23.7 Å². The van der Waals surface area contributed by atoms with Crippen molar-refractivity contribution in [2.75, 3.05) is 5.32 Å². The van der Waals surface area contributed by atoms with Crippen LogP contribution in [0.15, 0.2) is 59.8 Å². The first-order valence-corrected chi connectivity index (χ1v) is 10.1. The van der Waals surface area contributed by atoms with Crippen LogP contribution in [0.25, 0.3) is 0 Å². The number of nitrogens with zero attached hydrogens (tertiary/aromatic N) is 1. The molecule has 2 N–H and O–H groups in total. The van der Waals surface area contributed by atoms with Crippen molar-refractivity contribution in [1.29, 1.82) is 0 Å². The summed E-state index contributed by atoms with van der Waals surface area (Å²) in [5, 5.41) is 5.53. The third-order valence-electron chi connectivity index (χ3n) is 5.38. The number of nitrogens with one attached hydrogen (secondary N) is 2. The van der Waals surface area contributed by atoms with E-state index in [1.54, 1.807) is 31.2 Å². The standard InChI is InChI=1S/C22H19ClF3N3O2/c1-12-18(20(30)27-17-9-5-3-7-15(17)22(24,25)26)19(14-6-2-4-8-16(14)23)28-21(31)29(12)13-10-11-13/h2-9,13,19H,10-11H2,1H3,(H,27,30)(H,28,31)/t19-/m1/s1. The molecule has 0 radical (unpaired) electrons. The van der Waals surface area contributed by atoms with Gasteiger partial charge in [0, 0.05) is 16.8 Å². The van der Waals surface area contributed by atoms with E-state index in [1.807, 2.05) is 0 Å². The van der Waals surface area contributed by atoms with Gasteiger partial charge < -0.3 is 10.6 Å². The number of alkyl halides is 3. The van der Waals surface area contributed by atoms with Gasteiger partial charge in [0.15, 0.2) is 0 Å². The van der Waals surface area contributed by atoms with Gasteiger partial charge in [0.2, 0.25) is 0 Å². The van der Waals surface area contributed by atoms with Gasteiger partial charge in [0.05, 0.1) is 22.9 Å². The molecule has 0 spiro atoms. The first-order chi connectivity index (χ1) is 14.7. The predicted octanol–water partition coefficient (Wildman–Crippen LogP) is 5.50. The van der Waals surface area contributed by atoms with E-state index in [4.69, 9.17) is 11.6 Å². The summed E-state index contributed by atoms with van der Waals surface area (Å²) in [5.74, 6) is -0.732. The van der Waals surface area contributed by atoms with Crippen LogP contribution in [0, 0.1) is 0 Å². The van der Waals surface area contributed by atoms with Gasteiger partial charge >= 0.3 is 12.2 Å². The van der Waals surface area contributed by atoms with Crippen molar-refractivity contribution in [2.45, 2.75) is 38.0 Å². The van der Waals surface area contributed by atoms with E-state index in [1.165, 1.54) is 23.1 Å². The Morgan fingerprint density at radius 3 is 2.42 bits per heavy atom. The van der Waals surface area contributed by atoms with Gasteiger partial charge in [-0.15, -0.1) is 0 Å². The van der Waals surface area contributed by atoms with Crippen LogP contribution in [-0.4, -0.2) is 22.9 Å². The maximum Gasteiger partial charge on any atom is 0.418 e. The normalized spacial score (nSPS) is 19.3. The lowest BCUT2D eigenvalue weighted by atomic mass is 9.93. The molecular weight excluding hydrogens is 431 g/mol. The summed E-state index contributed by atoms with van der Waals surface area (Å²) in [5.41, 5.74) is -0.265. The predicted molar refractivity (Wildman–Crippen MR) is 110 cm³/mol. The van der Waals surface area contributed by atoms with Crippen LogP contribution in [0.5, 0.6) is 0 Å². The van der Waals surface area contributed by atoms with Crippen LogP contribution in [0.4, 0.5) is 23.7 Å². The highest BCUT2D eigenvalue weighted by molar-refractivity contribution is 6.31. The fraction of sp³-hybridized carbons (Fsp3) is 0.273. The molecule has 31 heavy (non-hydrogen) atoms. The molecule has 0 saturated heterocycles. The summed E-state index contributed by atoms with van der Waals surface area (Å²) in [6.07, 6.45) is -3.03. The van der Waals surface area contributed by atoms with Crippen LogP contribution in [0.2, 0.25) is 5.02 Å². The lowest BCUT2D eigenvalue weighted by molar-refractivity contribution is -0.137. The van der Waals surface area contributed by atoms with E-state index in [9.17, 15) is 22.8 Å². The quantitative estimate of drug-likeness (QED) is 0.647. The molecule has 4 rings (SSSR count). The van der Waals surface area contributed by atoms with Gasteiger partial charge in [-0.25, -0.2) is 4.79 Å². The number of amides is 3. The van der Waals surface area contributed by atoms with Crippen LogP contribution in [-0.2, 0) is 11.0 Å². The molecule has 1 aliphatic carbocycles. The molecule has 0 aromatic heterocycles. The number of allylic oxidation sites excluding steroid dienone is 1. The van der Waals surface area contributed by atoms with Crippen molar-refractivity contribution >= 4 is 29.2 Å². The lowest BCUT2D eigenvalue weighted by Gasteiger charge is -2.36. The molecule has 2 aromatic rings. The first kappa shape index (κ1) is 21.2. The lowest BCUT2D eigenvalue weighted by Crippen LogP contribution is -2.49. The molecule has 1 aliphatic heterocycles. The zero-order valence-corrected chi connectivity index (χ0v) is 17.2. The summed E-state index contributed by atoms with van der Waals surface area (Å²) < 4.78 is 40.2. The number of halogens is 4. The average molecular weight is 450 g/mol. The van der Waals surface area contributed by atoms with Crippen LogP contribution in [0.1, 0.15) is 36.9 Å². The van der Waals surface area contributed by atoms with Gasteiger partial charge in [-0.05, 0) is 43.5 Å². The SMILES string of the molecule is CC1=C(C(=O)Nc2ccccc2C(F)(F)F)[C@@H](c2ccccc2Cl)NC(=O)N1C1CC1. The highest BCUT2D eigenvalue weighted by Gasteiger charge is 2.43. The smallest absolute Gasteiger partial charge is 0.326 e. The number of carbonyl (C=O) groups excluding carboxylic acids is 2. The topological polar surface area (TPSA) is 61.4 Å². The molecule has 0 unspecified atom stereocenters. The highest BCUT2D eigenvalue weighted by atomic mass is 35.5. The van der Waals surface area contributed by atoms with Gasteiger partial charge in [0.25, 0.3) is 5.91 Å². The molecule has 2 aliphatic rings. The minimum atomic E-state index is -4.63. The summed E-state index contributed by atoms with van der Waals surface area (Å²) in [7, 11) is 0. The Morgan fingerprint density at radius 2 is 1.77 bits per heavy atom. The van der Waals surface area contributed by atoms with E-state index in [0.29, 0.717) is 16.3 Å². The Kier molecular flexibility index (Phi) is 5.43. The van der Waals surface area contributed by atoms with Crippen molar-refractivity contribution in [3.8, 4) is 0 Å². The summed E-state index contributed by atoms with van der Waals surface area (Å²) >= 11 is 6.31. The van der Waals surface area contributed by atoms with Crippen LogP contribution >= 0.6 is 11.6 Å². The molecular formula is C22H19ClF3N3O2. The molecule has 9 heteroatoms. The minimum absolute atomic E-state index is 0.0301. The fourth-order valence-corrected chi connectivity index (χ4v) is 4.04. The van der Waals surface area contributed by atoms with Crippen molar-refractivity contribution in [2.24, 2.45) is 0 Å². The molecule has 1 fully saturated rings. The van der Waals surface area contributed by atoms with Crippen LogP contribution in [0.3, 0.4) is 0 Å². The van der Waals surface area contributed by atoms with E-state index in [2.05, 4.69) is 10.6 Å². The Labute approximate surface area is 181 Å². The van der Waals surface area contributed by atoms with Gasteiger partial charge in [-0.1, -0.05) is 41.9 Å². The second-order valence-corrected chi connectivity index (χ2v) is 7.91. The molecule has 5 nitrogen and oxygen atoms in total. The summed E-state index contributed by atoms with van der Waals surface area (Å²) in [6, 6.07) is 10.2. The first-order valence-electron chi connectivity index (χ1n) is 9.71. The molecule has 2 aromatic carbocycles. The minimum Gasteiger partial charge on any atom is -0.326 e. The van der Waals surface area contributed by atoms with Crippen molar-refractivity contribution in [1.82, 2.24) is 10.2 Å². The van der Waals surface area contributed by atoms with Crippen molar-refractivity contribution in [3.05, 3.63) is 76.0 Å². The highest BCUT2D eigenvalue weighted by Crippen LogP contribution is 2.40. The number of hydrogen-bond donors (Lipinski definition) is 2. The van der Waals surface area contributed by atoms with Crippen molar-refractivity contribution < 1.29 is 22.8 Å². The average Bonchev–Trinajstić information content (AvgIpc) is 3.52.